The lowest BCUT2D eigenvalue weighted by atomic mass is 10.3. The van der Waals surface area contributed by atoms with E-state index in [-0.39, 0.29) is 11.9 Å². The third-order valence-electron chi connectivity index (χ3n) is 2.67. The van der Waals surface area contributed by atoms with Gasteiger partial charge >= 0.3 is 0 Å². The summed E-state index contributed by atoms with van der Waals surface area (Å²) in [5, 5.41) is 12.3. The van der Waals surface area contributed by atoms with Crippen molar-refractivity contribution in [1.82, 2.24) is 20.1 Å². The molecule has 1 amide bonds. The molecule has 0 bridgehead atoms. The van der Waals surface area contributed by atoms with Gasteiger partial charge in [-0.3, -0.25) is 14.8 Å². The average Bonchev–Trinajstić information content (AvgIpc) is 2.97. The lowest BCUT2D eigenvalue weighted by Gasteiger charge is -2.05. The monoisotopic (exact) mass is 265 g/mol. The zero-order chi connectivity index (χ0) is 13.1. The smallest absolute Gasteiger partial charge is 0.275 e. The third-order valence-corrected chi connectivity index (χ3v) is 3.45. The molecule has 0 radical (unpaired) electrons. The highest BCUT2D eigenvalue weighted by atomic mass is 32.1. The summed E-state index contributed by atoms with van der Waals surface area (Å²) in [5.74, 6) is -0.201. The Morgan fingerprint density at radius 1 is 1.56 bits per heavy atom. The Morgan fingerprint density at radius 3 is 2.94 bits per heavy atom. The van der Waals surface area contributed by atoms with E-state index in [2.05, 4.69) is 20.7 Å². The Morgan fingerprint density at radius 2 is 2.33 bits per heavy atom. The second kappa shape index (κ2) is 5.28. The highest BCUT2D eigenvalue weighted by Crippen LogP contribution is 2.20. The number of amides is 1. The summed E-state index contributed by atoms with van der Waals surface area (Å²) in [4.78, 5) is 16.3. The minimum Gasteiger partial charge on any atom is -0.312 e. The van der Waals surface area contributed by atoms with Crippen molar-refractivity contribution in [2.75, 3.05) is 12.4 Å². The molecule has 96 valence electrons. The first-order chi connectivity index (χ1) is 8.61. The van der Waals surface area contributed by atoms with Gasteiger partial charge in [0.2, 0.25) is 0 Å². The summed E-state index contributed by atoms with van der Waals surface area (Å²) < 4.78 is 1.53. The Bertz CT molecular complexity index is 547. The van der Waals surface area contributed by atoms with Crippen LogP contribution in [0, 0.1) is 0 Å². The van der Waals surface area contributed by atoms with Crippen LogP contribution < -0.4 is 10.6 Å². The van der Waals surface area contributed by atoms with Crippen molar-refractivity contribution in [2.45, 2.75) is 13.0 Å². The van der Waals surface area contributed by atoms with Gasteiger partial charge in [0.15, 0.2) is 5.13 Å². The van der Waals surface area contributed by atoms with Gasteiger partial charge in [-0.05, 0) is 20.0 Å². The number of hydrogen-bond donors (Lipinski definition) is 2. The number of thiazole rings is 1. The summed E-state index contributed by atoms with van der Waals surface area (Å²) in [5.41, 5.74) is 1.43. The minimum atomic E-state index is -0.201. The second-order valence-corrected chi connectivity index (χ2v) is 4.74. The molecule has 0 aromatic carbocycles. The van der Waals surface area contributed by atoms with E-state index in [9.17, 15) is 4.79 Å². The molecule has 2 aromatic rings. The molecule has 0 saturated heterocycles. The number of hydrogen-bond acceptors (Lipinski definition) is 5. The molecule has 18 heavy (non-hydrogen) atoms. The molecule has 0 fully saturated rings. The maximum absolute atomic E-state index is 11.9. The van der Waals surface area contributed by atoms with Gasteiger partial charge in [-0.1, -0.05) is 0 Å². The summed E-state index contributed by atoms with van der Waals surface area (Å²) >= 11 is 1.41. The molecule has 2 rings (SSSR count). The van der Waals surface area contributed by atoms with E-state index < -0.39 is 0 Å². The lowest BCUT2D eigenvalue weighted by molar-refractivity contribution is 0.101. The van der Waals surface area contributed by atoms with Crippen molar-refractivity contribution in [3.63, 3.8) is 0 Å². The van der Waals surface area contributed by atoms with Crippen LogP contribution in [0.15, 0.2) is 17.6 Å². The van der Waals surface area contributed by atoms with Gasteiger partial charge in [0.25, 0.3) is 5.91 Å². The van der Waals surface area contributed by atoms with Crippen molar-refractivity contribution in [3.05, 3.63) is 29.0 Å². The molecular weight excluding hydrogens is 250 g/mol. The minimum absolute atomic E-state index is 0.170. The number of anilines is 1. The van der Waals surface area contributed by atoms with Gasteiger partial charge in [-0.2, -0.15) is 5.10 Å². The highest BCUT2D eigenvalue weighted by molar-refractivity contribution is 7.14. The predicted octanol–water partition coefficient (Wildman–Crippen LogP) is 1.41. The Balaban J connectivity index is 2.08. The van der Waals surface area contributed by atoms with Crippen LogP contribution in [0.2, 0.25) is 0 Å². The van der Waals surface area contributed by atoms with Crippen LogP contribution in [0.3, 0.4) is 0 Å². The van der Waals surface area contributed by atoms with Crippen molar-refractivity contribution in [3.8, 4) is 0 Å². The van der Waals surface area contributed by atoms with Crippen molar-refractivity contribution in [2.24, 2.45) is 7.05 Å². The first-order valence-electron chi connectivity index (χ1n) is 5.54. The van der Waals surface area contributed by atoms with Gasteiger partial charge in [0.05, 0.1) is 5.69 Å². The molecule has 0 aliphatic carbocycles. The van der Waals surface area contributed by atoms with Crippen LogP contribution in [0.25, 0.3) is 0 Å². The fraction of sp³-hybridized carbons (Fsp3) is 0.364. The largest absolute Gasteiger partial charge is 0.312 e. The number of carbonyl (C=O) groups is 1. The maximum atomic E-state index is 11.9. The quantitative estimate of drug-likeness (QED) is 0.876. The number of carbonyl (C=O) groups excluding carboxylic acids is 1. The van der Waals surface area contributed by atoms with Gasteiger partial charge in [0.1, 0.15) is 5.69 Å². The van der Waals surface area contributed by atoms with Crippen LogP contribution in [0.1, 0.15) is 29.1 Å². The molecule has 0 saturated carbocycles. The summed E-state index contributed by atoms with van der Waals surface area (Å²) in [6.45, 7) is 2.02. The summed E-state index contributed by atoms with van der Waals surface area (Å²) in [6.07, 6.45) is 1.59. The SMILES string of the molecule is CNC(C)c1csc(NC(=O)c2ccnn2C)n1. The van der Waals surface area contributed by atoms with E-state index >= 15 is 0 Å². The van der Waals surface area contributed by atoms with Crippen molar-refractivity contribution in [1.29, 1.82) is 0 Å². The van der Waals surface area contributed by atoms with E-state index in [1.54, 1.807) is 19.3 Å². The van der Waals surface area contributed by atoms with E-state index in [0.29, 0.717) is 10.8 Å². The zero-order valence-corrected chi connectivity index (χ0v) is 11.3. The molecule has 1 atom stereocenters. The number of aryl methyl sites for hydroxylation is 1. The van der Waals surface area contributed by atoms with Gasteiger partial charge < -0.3 is 5.32 Å². The first kappa shape index (κ1) is 12.7. The molecule has 7 heteroatoms. The Hall–Kier alpha value is -1.73. The first-order valence-corrected chi connectivity index (χ1v) is 6.42. The number of rotatable bonds is 4. The molecule has 2 heterocycles. The van der Waals surface area contributed by atoms with E-state index in [4.69, 9.17) is 0 Å². The van der Waals surface area contributed by atoms with Gasteiger partial charge in [0, 0.05) is 24.7 Å². The topological polar surface area (TPSA) is 71.8 Å². The van der Waals surface area contributed by atoms with Crippen LogP contribution in [-0.4, -0.2) is 27.7 Å². The molecule has 0 aliphatic rings. The molecule has 6 nitrogen and oxygen atoms in total. The van der Waals surface area contributed by atoms with Crippen LogP contribution in [0.5, 0.6) is 0 Å². The molecule has 0 aliphatic heterocycles. The summed E-state index contributed by atoms with van der Waals surface area (Å²) in [6, 6.07) is 1.84. The lowest BCUT2D eigenvalue weighted by Crippen LogP contribution is -2.16. The number of nitrogens with zero attached hydrogens (tertiary/aromatic N) is 3. The predicted molar refractivity (Wildman–Crippen MR) is 70.7 cm³/mol. The van der Waals surface area contributed by atoms with Crippen molar-refractivity contribution < 1.29 is 4.79 Å². The van der Waals surface area contributed by atoms with E-state index in [1.165, 1.54) is 16.0 Å². The maximum Gasteiger partial charge on any atom is 0.275 e. The van der Waals surface area contributed by atoms with E-state index in [1.807, 2.05) is 19.4 Å². The Labute approximate surface area is 109 Å². The zero-order valence-electron chi connectivity index (χ0n) is 10.5. The number of aromatic nitrogens is 3. The van der Waals surface area contributed by atoms with Gasteiger partial charge in [-0.15, -0.1) is 11.3 Å². The molecule has 2 N–H and O–H groups in total. The molecule has 1 unspecified atom stereocenters. The fourth-order valence-corrected chi connectivity index (χ4v) is 2.25. The number of nitrogens with one attached hydrogen (secondary N) is 2. The van der Waals surface area contributed by atoms with Crippen LogP contribution in [-0.2, 0) is 7.05 Å². The van der Waals surface area contributed by atoms with E-state index in [0.717, 1.165) is 5.69 Å². The fourth-order valence-electron chi connectivity index (χ4n) is 1.45. The average molecular weight is 265 g/mol. The normalized spacial score (nSPS) is 12.4. The van der Waals surface area contributed by atoms with Crippen LogP contribution in [0.4, 0.5) is 5.13 Å². The van der Waals surface area contributed by atoms with Crippen LogP contribution >= 0.6 is 11.3 Å². The Kier molecular flexibility index (Phi) is 3.73. The van der Waals surface area contributed by atoms with Crippen molar-refractivity contribution >= 4 is 22.4 Å². The summed E-state index contributed by atoms with van der Waals surface area (Å²) in [7, 11) is 3.60. The molecular formula is C11H15N5OS. The molecule has 0 spiro atoms. The second-order valence-electron chi connectivity index (χ2n) is 3.88. The highest BCUT2D eigenvalue weighted by Gasteiger charge is 2.13. The molecule has 2 aromatic heterocycles. The third kappa shape index (κ3) is 2.57. The standard InChI is InChI=1S/C11H15N5OS/c1-7(12-2)8-6-18-11(14-8)15-10(17)9-4-5-13-16(9)3/h4-7,12H,1-3H3,(H,14,15,17). The van der Waals surface area contributed by atoms with Gasteiger partial charge in [-0.25, -0.2) is 4.98 Å².